The van der Waals surface area contributed by atoms with Gasteiger partial charge in [-0.25, -0.2) is 9.78 Å². The van der Waals surface area contributed by atoms with Crippen molar-refractivity contribution in [3.63, 3.8) is 0 Å². The zero-order valence-corrected chi connectivity index (χ0v) is 11.0. The number of aromatic nitrogens is 2. The number of anilines is 1. The molecular formula is C12H17N3O4. The highest BCUT2D eigenvalue weighted by Gasteiger charge is 2.28. The van der Waals surface area contributed by atoms with Crippen LogP contribution in [-0.2, 0) is 14.3 Å². The van der Waals surface area contributed by atoms with Gasteiger partial charge in [-0.3, -0.25) is 0 Å². The summed E-state index contributed by atoms with van der Waals surface area (Å²) in [6.07, 6.45) is 1.04. The second-order valence-corrected chi connectivity index (χ2v) is 3.96. The standard InChI is InChI=1S/C12H17N3O4/c1-3-18-10-4-5-13-12(14-10)15-6-7-19-9(8-15)11(16)17-2/h4-5,9H,3,6-8H2,1-2H3. The van der Waals surface area contributed by atoms with Crippen molar-refractivity contribution in [1.82, 2.24) is 9.97 Å². The molecule has 0 amide bonds. The Morgan fingerprint density at radius 2 is 2.47 bits per heavy atom. The summed E-state index contributed by atoms with van der Waals surface area (Å²) in [6.45, 7) is 3.88. The summed E-state index contributed by atoms with van der Waals surface area (Å²) >= 11 is 0. The molecular weight excluding hydrogens is 250 g/mol. The summed E-state index contributed by atoms with van der Waals surface area (Å²) in [6, 6.07) is 1.70. The fourth-order valence-corrected chi connectivity index (χ4v) is 1.82. The van der Waals surface area contributed by atoms with Crippen molar-refractivity contribution in [2.75, 3.05) is 38.3 Å². The number of hydrogen-bond acceptors (Lipinski definition) is 7. The van der Waals surface area contributed by atoms with Crippen molar-refractivity contribution in [2.45, 2.75) is 13.0 Å². The van der Waals surface area contributed by atoms with E-state index in [0.29, 0.717) is 38.1 Å². The smallest absolute Gasteiger partial charge is 0.336 e. The van der Waals surface area contributed by atoms with Crippen molar-refractivity contribution < 1.29 is 19.0 Å². The van der Waals surface area contributed by atoms with Crippen molar-refractivity contribution in [1.29, 1.82) is 0 Å². The summed E-state index contributed by atoms with van der Waals surface area (Å²) in [5.41, 5.74) is 0. The van der Waals surface area contributed by atoms with Crippen LogP contribution < -0.4 is 9.64 Å². The maximum Gasteiger partial charge on any atom is 0.336 e. The molecule has 0 aromatic carbocycles. The van der Waals surface area contributed by atoms with E-state index in [4.69, 9.17) is 9.47 Å². The Bertz CT molecular complexity index is 441. The lowest BCUT2D eigenvalue weighted by molar-refractivity contribution is -0.154. The van der Waals surface area contributed by atoms with Crippen LogP contribution in [0.5, 0.6) is 5.88 Å². The number of rotatable bonds is 4. The molecule has 1 atom stereocenters. The molecule has 2 rings (SSSR count). The number of carbonyl (C=O) groups excluding carboxylic acids is 1. The molecule has 0 N–H and O–H groups in total. The Morgan fingerprint density at radius 3 is 3.21 bits per heavy atom. The van der Waals surface area contributed by atoms with Crippen LogP contribution in [0.2, 0.25) is 0 Å². The monoisotopic (exact) mass is 267 g/mol. The molecule has 1 saturated heterocycles. The predicted molar refractivity (Wildman–Crippen MR) is 67.2 cm³/mol. The van der Waals surface area contributed by atoms with Gasteiger partial charge in [-0.2, -0.15) is 4.98 Å². The number of morpholine rings is 1. The molecule has 104 valence electrons. The minimum Gasteiger partial charge on any atom is -0.478 e. The fraction of sp³-hybridized carbons (Fsp3) is 0.583. The van der Waals surface area contributed by atoms with Crippen LogP contribution in [-0.4, -0.2) is 55.5 Å². The van der Waals surface area contributed by atoms with Gasteiger partial charge in [0.15, 0.2) is 6.10 Å². The topological polar surface area (TPSA) is 73.8 Å². The first-order valence-corrected chi connectivity index (χ1v) is 6.14. The van der Waals surface area contributed by atoms with E-state index >= 15 is 0 Å². The quantitative estimate of drug-likeness (QED) is 0.724. The van der Waals surface area contributed by atoms with Crippen molar-refractivity contribution in [3.05, 3.63) is 12.3 Å². The first kappa shape index (κ1) is 13.5. The number of methoxy groups -OCH3 is 1. The van der Waals surface area contributed by atoms with Crippen LogP contribution in [0.1, 0.15) is 6.92 Å². The van der Waals surface area contributed by atoms with E-state index < -0.39 is 6.10 Å². The normalized spacial score (nSPS) is 19.1. The molecule has 19 heavy (non-hydrogen) atoms. The minimum atomic E-state index is -0.599. The zero-order chi connectivity index (χ0) is 13.7. The van der Waals surface area contributed by atoms with Crippen LogP contribution >= 0.6 is 0 Å². The highest BCUT2D eigenvalue weighted by Crippen LogP contribution is 2.16. The second-order valence-electron chi connectivity index (χ2n) is 3.96. The number of hydrogen-bond donors (Lipinski definition) is 0. The molecule has 1 aromatic heterocycles. The molecule has 2 heterocycles. The van der Waals surface area contributed by atoms with Gasteiger partial charge in [0.2, 0.25) is 11.8 Å². The van der Waals surface area contributed by atoms with Crippen LogP contribution in [0.15, 0.2) is 12.3 Å². The van der Waals surface area contributed by atoms with E-state index in [1.165, 1.54) is 7.11 Å². The first-order valence-electron chi connectivity index (χ1n) is 6.14. The van der Waals surface area contributed by atoms with E-state index in [-0.39, 0.29) is 5.97 Å². The molecule has 0 radical (unpaired) electrons. The Kier molecular flexibility index (Phi) is 4.51. The lowest BCUT2D eigenvalue weighted by Gasteiger charge is -2.31. The van der Waals surface area contributed by atoms with Gasteiger partial charge in [0.05, 0.1) is 26.9 Å². The van der Waals surface area contributed by atoms with Crippen molar-refractivity contribution >= 4 is 11.9 Å². The first-order chi connectivity index (χ1) is 9.24. The molecule has 0 aliphatic carbocycles. The third kappa shape index (κ3) is 3.31. The van der Waals surface area contributed by atoms with E-state index in [1.807, 2.05) is 11.8 Å². The zero-order valence-electron chi connectivity index (χ0n) is 11.0. The van der Waals surface area contributed by atoms with E-state index in [1.54, 1.807) is 12.3 Å². The van der Waals surface area contributed by atoms with Gasteiger partial charge in [0.25, 0.3) is 0 Å². The van der Waals surface area contributed by atoms with Gasteiger partial charge >= 0.3 is 5.97 Å². The summed E-state index contributed by atoms with van der Waals surface area (Å²) < 4.78 is 15.4. The van der Waals surface area contributed by atoms with E-state index in [0.717, 1.165) is 0 Å². The maximum atomic E-state index is 11.5. The van der Waals surface area contributed by atoms with Gasteiger partial charge < -0.3 is 19.1 Å². The average molecular weight is 267 g/mol. The summed E-state index contributed by atoms with van der Waals surface area (Å²) in [7, 11) is 1.34. The lowest BCUT2D eigenvalue weighted by atomic mass is 10.3. The lowest BCUT2D eigenvalue weighted by Crippen LogP contribution is -2.47. The molecule has 7 heteroatoms. The van der Waals surface area contributed by atoms with Crippen molar-refractivity contribution in [3.8, 4) is 5.88 Å². The van der Waals surface area contributed by atoms with Crippen LogP contribution in [0.4, 0.5) is 5.95 Å². The average Bonchev–Trinajstić information content (AvgIpc) is 2.47. The molecule has 0 saturated carbocycles. The highest BCUT2D eigenvalue weighted by atomic mass is 16.6. The van der Waals surface area contributed by atoms with Gasteiger partial charge in [0, 0.05) is 18.8 Å². The summed E-state index contributed by atoms with van der Waals surface area (Å²) in [5.74, 6) is 0.669. The number of carbonyl (C=O) groups is 1. The van der Waals surface area contributed by atoms with Gasteiger partial charge in [-0.1, -0.05) is 0 Å². The molecule has 1 aliphatic rings. The van der Waals surface area contributed by atoms with Crippen molar-refractivity contribution in [2.24, 2.45) is 0 Å². The Morgan fingerprint density at radius 1 is 1.63 bits per heavy atom. The third-order valence-corrected chi connectivity index (χ3v) is 2.72. The summed E-state index contributed by atoms with van der Waals surface area (Å²) in [4.78, 5) is 21.8. The molecule has 1 unspecified atom stereocenters. The number of nitrogens with zero attached hydrogens (tertiary/aromatic N) is 3. The molecule has 7 nitrogen and oxygen atoms in total. The molecule has 0 bridgehead atoms. The predicted octanol–water partition coefficient (Wildman–Crippen LogP) is 0.253. The molecule has 1 fully saturated rings. The largest absolute Gasteiger partial charge is 0.478 e. The molecule has 1 aliphatic heterocycles. The summed E-state index contributed by atoms with van der Waals surface area (Å²) in [5, 5.41) is 0. The fourth-order valence-electron chi connectivity index (χ4n) is 1.82. The number of esters is 1. The Balaban J connectivity index is 2.08. The van der Waals surface area contributed by atoms with Gasteiger partial charge in [-0.05, 0) is 6.92 Å². The van der Waals surface area contributed by atoms with Gasteiger partial charge in [-0.15, -0.1) is 0 Å². The molecule has 0 spiro atoms. The minimum absolute atomic E-state index is 0.377. The van der Waals surface area contributed by atoms with Crippen LogP contribution in [0.3, 0.4) is 0 Å². The van der Waals surface area contributed by atoms with Crippen LogP contribution in [0, 0.1) is 0 Å². The Hall–Kier alpha value is -1.89. The second kappa shape index (κ2) is 6.33. The molecule has 1 aromatic rings. The maximum absolute atomic E-state index is 11.5. The van der Waals surface area contributed by atoms with Gasteiger partial charge in [0.1, 0.15) is 0 Å². The third-order valence-electron chi connectivity index (χ3n) is 2.72. The van der Waals surface area contributed by atoms with E-state index in [2.05, 4.69) is 14.7 Å². The van der Waals surface area contributed by atoms with E-state index in [9.17, 15) is 4.79 Å². The Labute approximate surface area is 111 Å². The number of ether oxygens (including phenoxy) is 3. The van der Waals surface area contributed by atoms with Crippen LogP contribution in [0.25, 0.3) is 0 Å². The highest BCUT2D eigenvalue weighted by molar-refractivity contribution is 5.75. The SMILES string of the molecule is CCOc1ccnc(N2CCOC(C(=O)OC)C2)n1.